The second-order valence-electron chi connectivity index (χ2n) is 10.0. The normalized spacial score (nSPS) is 15.1. The van der Waals surface area contributed by atoms with Crippen molar-refractivity contribution < 1.29 is 33.2 Å². The van der Waals surface area contributed by atoms with Crippen LogP contribution in [0.2, 0.25) is 0 Å². The summed E-state index contributed by atoms with van der Waals surface area (Å²) >= 11 is 8.46. The Morgan fingerprint density at radius 2 is 1.74 bits per heavy atom. The second-order valence-corrected chi connectivity index (χ2v) is 12.8. The van der Waals surface area contributed by atoms with E-state index >= 15 is 0 Å². The molecule has 0 saturated heterocycles. The average molecular weight is 772 g/mol. The highest BCUT2D eigenvalue weighted by atomic mass is 79.9. The minimum absolute atomic E-state index is 0.208. The Morgan fingerprint density at radius 1 is 1.00 bits per heavy atom. The van der Waals surface area contributed by atoms with E-state index in [2.05, 4.69) is 36.9 Å². The molecule has 1 atom stereocenters. The first-order valence-electron chi connectivity index (χ1n) is 14.3. The van der Waals surface area contributed by atoms with Crippen molar-refractivity contribution in [1.29, 1.82) is 0 Å². The van der Waals surface area contributed by atoms with E-state index in [1.165, 1.54) is 29.2 Å². The van der Waals surface area contributed by atoms with Gasteiger partial charge in [0.15, 0.2) is 27.8 Å². The molecule has 0 bridgehead atoms. The molecule has 0 spiro atoms. The number of halogens is 2. The van der Waals surface area contributed by atoms with Gasteiger partial charge in [-0.15, -0.1) is 0 Å². The molecule has 0 unspecified atom stereocenters. The molecule has 1 aromatic heterocycles. The Balaban J connectivity index is 1.34. The summed E-state index contributed by atoms with van der Waals surface area (Å²) < 4.78 is 36.9. The average Bonchev–Trinajstić information content (AvgIpc) is 3.64. The van der Waals surface area contributed by atoms with Crippen LogP contribution in [0.4, 0.5) is 0 Å². The molecule has 3 heterocycles. The van der Waals surface area contributed by atoms with Gasteiger partial charge in [0.25, 0.3) is 5.56 Å². The first kappa shape index (κ1) is 31.9. The number of ether oxygens (including phenoxy) is 6. The van der Waals surface area contributed by atoms with Crippen LogP contribution in [0.5, 0.6) is 28.7 Å². The Morgan fingerprint density at radius 3 is 2.48 bits per heavy atom. The van der Waals surface area contributed by atoms with Gasteiger partial charge in [0, 0.05) is 6.20 Å². The number of thiazole rings is 1. The number of methoxy groups -OCH3 is 1. The lowest BCUT2D eigenvalue weighted by atomic mass is 9.97. The van der Waals surface area contributed by atoms with Crippen molar-refractivity contribution in [2.24, 2.45) is 4.99 Å². The molecule has 10 nitrogen and oxygen atoms in total. The number of esters is 1. The van der Waals surface area contributed by atoms with Crippen molar-refractivity contribution in [1.82, 2.24) is 4.57 Å². The van der Waals surface area contributed by atoms with Crippen LogP contribution in [0.1, 0.15) is 36.6 Å². The molecule has 0 fully saturated rings. The number of benzene rings is 3. The molecule has 238 valence electrons. The summed E-state index contributed by atoms with van der Waals surface area (Å²) in [6.45, 7) is 5.16. The number of hydrogen-bond donors (Lipinski definition) is 0. The van der Waals surface area contributed by atoms with E-state index in [9.17, 15) is 9.59 Å². The molecule has 0 saturated carbocycles. The minimum Gasteiger partial charge on any atom is -0.490 e. The fourth-order valence-corrected chi connectivity index (χ4v) is 7.55. The lowest BCUT2D eigenvalue weighted by Gasteiger charge is -2.23. The van der Waals surface area contributed by atoms with Crippen LogP contribution in [-0.4, -0.2) is 37.7 Å². The van der Waals surface area contributed by atoms with E-state index in [0.29, 0.717) is 72.4 Å². The number of carbonyl (C=O) groups excluding carboxylic acids is 1. The van der Waals surface area contributed by atoms with E-state index in [4.69, 9.17) is 28.4 Å². The monoisotopic (exact) mass is 770 g/mol. The zero-order valence-electron chi connectivity index (χ0n) is 25.0. The van der Waals surface area contributed by atoms with Gasteiger partial charge in [-0.25, -0.2) is 9.79 Å². The van der Waals surface area contributed by atoms with E-state index in [1.54, 1.807) is 18.2 Å². The maximum atomic E-state index is 14.0. The van der Waals surface area contributed by atoms with Gasteiger partial charge < -0.3 is 28.4 Å². The molecule has 4 aromatic rings. The molecule has 0 aliphatic carbocycles. The van der Waals surface area contributed by atoms with Gasteiger partial charge in [-0.2, -0.15) is 0 Å². The summed E-state index contributed by atoms with van der Waals surface area (Å²) in [7, 11) is 1.30. The second kappa shape index (κ2) is 13.7. The van der Waals surface area contributed by atoms with E-state index < -0.39 is 12.0 Å². The molecule has 3 aromatic carbocycles. The number of nitrogens with zero attached hydrogens (tertiary/aromatic N) is 2. The highest BCUT2D eigenvalue weighted by molar-refractivity contribution is 9.11. The Hall–Kier alpha value is -4.07. The Kier molecular flexibility index (Phi) is 9.52. The lowest BCUT2D eigenvalue weighted by molar-refractivity contribution is -0.136. The fourth-order valence-electron chi connectivity index (χ4n) is 5.13. The van der Waals surface area contributed by atoms with Gasteiger partial charge in [0.2, 0.25) is 6.79 Å². The summed E-state index contributed by atoms with van der Waals surface area (Å²) in [5.74, 6) is 2.51. The molecule has 2 aliphatic heterocycles. The van der Waals surface area contributed by atoms with Gasteiger partial charge in [-0.3, -0.25) is 9.36 Å². The van der Waals surface area contributed by atoms with Crippen molar-refractivity contribution in [3.63, 3.8) is 0 Å². The van der Waals surface area contributed by atoms with Crippen LogP contribution in [0.25, 0.3) is 6.08 Å². The van der Waals surface area contributed by atoms with Gasteiger partial charge in [-0.1, -0.05) is 23.5 Å². The maximum Gasteiger partial charge on any atom is 0.337 e. The number of aromatic nitrogens is 1. The molecule has 0 amide bonds. The standard InChI is InChI=1S/C33H28Br2N2O8S/c1-4-41-24-9-7-20(14-27(24)42-5-2)29-21(32(39)40-3)15-36-33-37(29)31(38)28(46-33)13-19-10-22(34)30(23(35)11-19)43-16-18-6-8-25-26(12-18)45-17-44-25/h6-15,29H,4-5,16-17H2,1-3H3/b28-13-/t29-/m0/s1. The highest BCUT2D eigenvalue weighted by Crippen LogP contribution is 2.38. The quantitative estimate of drug-likeness (QED) is 0.191. The highest BCUT2D eigenvalue weighted by Gasteiger charge is 2.31. The SMILES string of the molecule is CCOc1ccc([C@H]2C(C(=O)OC)=CN=c3s/c(=C\c4cc(Br)c(OCc5ccc6c(c5)OCO6)c(Br)c4)c(=O)n32)cc1OCC. The number of fused-ring (bicyclic) bond motifs is 2. The van der Waals surface area contributed by atoms with Crippen molar-refractivity contribution in [3.05, 3.63) is 106 Å². The van der Waals surface area contributed by atoms with Crippen LogP contribution >= 0.6 is 43.2 Å². The summed E-state index contributed by atoms with van der Waals surface area (Å²) in [5, 5.41) is 0. The summed E-state index contributed by atoms with van der Waals surface area (Å²) in [5.41, 5.74) is 2.26. The number of rotatable bonds is 10. The van der Waals surface area contributed by atoms with Gasteiger partial charge in [0.1, 0.15) is 12.4 Å². The smallest absolute Gasteiger partial charge is 0.337 e. The third-order valence-corrected chi connectivity index (χ3v) is 9.32. The maximum absolute atomic E-state index is 14.0. The summed E-state index contributed by atoms with van der Waals surface area (Å²) in [6.07, 6.45) is 3.24. The largest absolute Gasteiger partial charge is 0.490 e. The molecule has 2 aliphatic rings. The Labute approximate surface area is 284 Å². The van der Waals surface area contributed by atoms with Crippen molar-refractivity contribution >= 4 is 55.2 Å². The lowest BCUT2D eigenvalue weighted by Crippen LogP contribution is -2.39. The van der Waals surface area contributed by atoms with Crippen LogP contribution in [0.3, 0.4) is 0 Å². The molecular weight excluding hydrogens is 744 g/mol. The van der Waals surface area contributed by atoms with Crippen LogP contribution in [0, 0.1) is 0 Å². The predicted molar refractivity (Wildman–Crippen MR) is 179 cm³/mol. The minimum atomic E-state index is -0.786. The van der Waals surface area contributed by atoms with Gasteiger partial charge in [0.05, 0.1) is 45.4 Å². The molecule has 0 N–H and O–H groups in total. The summed E-state index contributed by atoms with van der Waals surface area (Å²) in [4.78, 5) is 31.8. The molecule has 13 heteroatoms. The topological polar surface area (TPSA) is 107 Å². The van der Waals surface area contributed by atoms with Crippen molar-refractivity contribution in [2.45, 2.75) is 26.5 Å². The van der Waals surface area contributed by atoms with E-state index in [0.717, 1.165) is 11.1 Å². The fraction of sp³-hybridized carbons (Fsp3) is 0.242. The predicted octanol–water partition coefficient (Wildman–Crippen LogP) is 5.65. The molecule has 46 heavy (non-hydrogen) atoms. The van der Waals surface area contributed by atoms with Gasteiger partial charge in [-0.05, 0) is 105 Å². The third-order valence-electron chi connectivity index (χ3n) is 7.15. The molecular formula is C33H28Br2N2O8S. The van der Waals surface area contributed by atoms with Gasteiger partial charge >= 0.3 is 5.97 Å². The zero-order valence-corrected chi connectivity index (χ0v) is 29.0. The van der Waals surface area contributed by atoms with E-state index in [1.807, 2.05) is 50.2 Å². The number of hydrogen-bond acceptors (Lipinski definition) is 10. The first-order valence-corrected chi connectivity index (χ1v) is 16.7. The van der Waals surface area contributed by atoms with Crippen LogP contribution in [-0.2, 0) is 16.1 Å². The number of carbonyl (C=O) groups is 1. The van der Waals surface area contributed by atoms with Crippen LogP contribution < -0.4 is 38.6 Å². The van der Waals surface area contributed by atoms with E-state index in [-0.39, 0.29) is 17.9 Å². The first-order chi connectivity index (χ1) is 22.3. The Bertz CT molecular complexity index is 2010. The third kappa shape index (κ3) is 6.31. The molecule has 6 rings (SSSR count). The van der Waals surface area contributed by atoms with Crippen LogP contribution in [0.15, 0.2) is 79.0 Å². The molecule has 0 radical (unpaired) electrons. The summed E-state index contributed by atoms with van der Waals surface area (Å²) in [6, 6.07) is 14.0. The van der Waals surface area contributed by atoms with Crippen molar-refractivity contribution in [3.8, 4) is 28.7 Å². The zero-order chi connectivity index (χ0) is 32.4. The van der Waals surface area contributed by atoms with Crippen molar-refractivity contribution in [2.75, 3.05) is 27.1 Å².